The number of rotatable bonds is 6. The van der Waals surface area contributed by atoms with Crippen LogP contribution < -0.4 is 10.1 Å². The molecule has 1 aromatic heterocycles. The van der Waals surface area contributed by atoms with Crippen molar-refractivity contribution in [2.24, 2.45) is 0 Å². The van der Waals surface area contributed by atoms with Crippen LogP contribution in [0.4, 0.5) is 10.5 Å². The third-order valence-corrected chi connectivity index (χ3v) is 5.20. The summed E-state index contributed by atoms with van der Waals surface area (Å²) in [7, 11) is 0. The molecule has 2 N–H and O–H groups in total. The van der Waals surface area contributed by atoms with Gasteiger partial charge in [0.15, 0.2) is 0 Å². The summed E-state index contributed by atoms with van der Waals surface area (Å²) in [4.78, 5) is 30.0. The van der Waals surface area contributed by atoms with Crippen LogP contribution in [0.5, 0.6) is 11.6 Å². The highest BCUT2D eigenvalue weighted by molar-refractivity contribution is 5.96. The fourth-order valence-electron chi connectivity index (χ4n) is 3.79. The highest BCUT2D eigenvalue weighted by Crippen LogP contribution is 2.38. The number of fused-ring (bicyclic) bond motifs is 1. The van der Waals surface area contributed by atoms with E-state index in [1.54, 1.807) is 39.8 Å². The van der Waals surface area contributed by atoms with Gasteiger partial charge in [-0.05, 0) is 51.8 Å². The van der Waals surface area contributed by atoms with E-state index >= 15 is 0 Å². The molecular formula is C23H29N3O5. The zero-order valence-corrected chi connectivity index (χ0v) is 18.5. The number of aromatic nitrogens is 1. The Hall–Kier alpha value is -3.13. The van der Waals surface area contributed by atoms with Crippen molar-refractivity contribution in [3.8, 4) is 11.6 Å². The molecule has 0 bridgehead atoms. The Balaban J connectivity index is 1.72. The number of carbonyl (C=O) groups is 2. The average Bonchev–Trinajstić information content (AvgIpc) is 3.08. The number of carboxylic acid groups (broad SMARTS) is 1. The summed E-state index contributed by atoms with van der Waals surface area (Å²) >= 11 is 0. The maximum Gasteiger partial charge on any atom is 0.408 e. The number of hydrogen-bond acceptors (Lipinski definition) is 5. The van der Waals surface area contributed by atoms with Gasteiger partial charge in [0.05, 0.1) is 24.6 Å². The number of benzene rings is 1. The molecule has 0 spiro atoms. The molecule has 2 atom stereocenters. The van der Waals surface area contributed by atoms with Crippen LogP contribution in [0.15, 0.2) is 36.5 Å². The standard InChI is InChI=1S/C23H29N3O5/c1-6-17(26(22(28)29)23(3,4)5)21(27)25-16-10-11-19(24-12-16)31-18-9-7-8-15-13-30-14(2)20(15)18/h7-12,14,17H,6,13H2,1-5H3,(H,25,27)(H,28,29)/t14?,17-/m1/s1. The van der Waals surface area contributed by atoms with Crippen LogP contribution in [0.2, 0.25) is 0 Å². The fourth-order valence-corrected chi connectivity index (χ4v) is 3.79. The molecule has 2 amide bonds. The van der Waals surface area contributed by atoms with E-state index in [1.807, 2.05) is 25.1 Å². The third kappa shape index (κ3) is 4.96. The minimum atomic E-state index is -1.13. The highest BCUT2D eigenvalue weighted by Gasteiger charge is 2.36. The Morgan fingerprint density at radius 2 is 2.06 bits per heavy atom. The number of pyridine rings is 1. The van der Waals surface area contributed by atoms with Gasteiger partial charge in [-0.25, -0.2) is 9.78 Å². The summed E-state index contributed by atoms with van der Waals surface area (Å²) in [5, 5.41) is 12.4. The van der Waals surface area contributed by atoms with Crippen molar-refractivity contribution in [2.45, 2.75) is 65.3 Å². The summed E-state index contributed by atoms with van der Waals surface area (Å²) in [6.07, 6.45) is 0.662. The van der Waals surface area contributed by atoms with E-state index in [0.29, 0.717) is 30.3 Å². The maximum absolute atomic E-state index is 12.8. The van der Waals surface area contributed by atoms with Gasteiger partial charge in [-0.15, -0.1) is 0 Å². The van der Waals surface area contributed by atoms with E-state index in [1.165, 1.54) is 11.1 Å². The second-order valence-corrected chi connectivity index (χ2v) is 8.51. The van der Waals surface area contributed by atoms with Crippen molar-refractivity contribution in [1.82, 2.24) is 9.88 Å². The first-order valence-corrected chi connectivity index (χ1v) is 10.3. The Morgan fingerprint density at radius 3 is 2.65 bits per heavy atom. The Morgan fingerprint density at radius 1 is 1.32 bits per heavy atom. The Labute approximate surface area is 182 Å². The van der Waals surface area contributed by atoms with Crippen molar-refractivity contribution in [2.75, 3.05) is 5.32 Å². The van der Waals surface area contributed by atoms with Gasteiger partial charge in [-0.3, -0.25) is 9.69 Å². The van der Waals surface area contributed by atoms with E-state index < -0.39 is 23.6 Å². The van der Waals surface area contributed by atoms with E-state index in [2.05, 4.69) is 10.3 Å². The minimum Gasteiger partial charge on any atom is -0.465 e. The molecular weight excluding hydrogens is 398 g/mol. The predicted molar refractivity (Wildman–Crippen MR) is 116 cm³/mol. The van der Waals surface area contributed by atoms with Crippen molar-refractivity contribution >= 4 is 17.7 Å². The van der Waals surface area contributed by atoms with Gasteiger partial charge in [0.1, 0.15) is 11.8 Å². The monoisotopic (exact) mass is 427 g/mol. The number of carbonyl (C=O) groups excluding carboxylic acids is 1. The van der Waals surface area contributed by atoms with Gasteiger partial charge in [0.25, 0.3) is 0 Å². The summed E-state index contributed by atoms with van der Waals surface area (Å²) in [5.41, 5.74) is 1.87. The molecule has 3 rings (SSSR count). The molecule has 1 aliphatic rings. The SMILES string of the molecule is CC[C@H](C(=O)Nc1ccc(Oc2cccc3c2C(C)OC3)nc1)N(C(=O)O)C(C)(C)C. The molecule has 1 aromatic carbocycles. The molecule has 0 radical (unpaired) electrons. The van der Waals surface area contributed by atoms with Crippen LogP contribution in [0.3, 0.4) is 0 Å². The summed E-state index contributed by atoms with van der Waals surface area (Å²) in [5.74, 6) is 0.682. The molecule has 8 nitrogen and oxygen atoms in total. The van der Waals surface area contributed by atoms with Gasteiger partial charge >= 0.3 is 6.09 Å². The number of hydrogen-bond donors (Lipinski definition) is 2. The lowest BCUT2D eigenvalue weighted by atomic mass is 10.0. The first-order valence-electron chi connectivity index (χ1n) is 10.3. The van der Waals surface area contributed by atoms with Crippen LogP contribution in [-0.4, -0.2) is 38.6 Å². The topological polar surface area (TPSA) is 101 Å². The molecule has 0 saturated carbocycles. The molecule has 0 fully saturated rings. The number of anilines is 1. The van der Waals surface area contributed by atoms with Crippen LogP contribution in [0.1, 0.15) is 58.3 Å². The largest absolute Gasteiger partial charge is 0.465 e. The first-order chi connectivity index (χ1) is 14.6. The van der Waals surface area contributed by atoms with Crippen molar-refractivity contribution in [1.29, 1.82) is 0 Å². The number of ether oxygens (including phenoxy) is 2. The molecule has 0 aliphatic carbocycles. The van der Waals surface area contributed by atoms with Crippen molar-refractivity contribution in [3.05, 3.63) is 47.7 Å². The molecule has 8 heteroatoms. The Kier molecular flexibility index (Phi) is 6.50. The van der Waals surface area contributed by atoms with Crippen LogP contribution in [0, 0.1) is 0 Å². The second kappa shape index (κ2) is 8.93. The highest BCUT2D eigenvalue weighted by atomic mass is 16.5. The number of amides is 2. The van der Waals surface area contributed by atoms with E-state index in [4.69, 9.17) is 9.47 Å². The van der Waals surface area contributed by atoms with Gasteiger partial charge < -0.3 is 19.9 Å². The fraction of sp³-hybridized carbons (Fsp3) is 0.435. The van der Waals surface area contributed by atoms with Crippen LogP contribution >= 0.6 is 0 Å². The first kappa shape index (κ1) is 22.6. The Bertz CT molecular complexity index is 953. The van der Waals surface area contributed by atoms with Crippen LogP contribution in [0.25, 0.3) is 0 Å². The van der Waals surface area contributed by atoms with Crippen LogP contribution in [-0.2, 0) is 16.1 Å². The lowest BCUT2D eigenvalue weighted by molar-refractivity contribution is -0.122. The number of nitrogens with zero attached hydrogens (tertiary/aromatic N) is 2. The molecule has 1 aliphatic heterocycles. The molecule has 166 valence electrons. The molecule has 2 heterocycles. The maximum atomic E-state index is 12.8. The minimum absolute atomic E-state index is 0.0456. The summed E-state index contributed by atoms with van der Waals surface area (Å²) < 4.78 is 11.6. The molecule has 0 saturated heterocycles. The second-order valence-electron chi connectivity index (χ2n) is 8.51. The smallest absolute Gasteiger partial charge is 0.408 e. The zero-order valence-electron chi connectivity index (χ0n) is 18.5. The molecule has 31 heavy (non-hydrogen) atoms. The number of nitrogens with one attached hydrogen (secondary N) is 1. The van der Waals surface area contributed by atoms with Gasteiger partial charge in [0, 0.05) is 17.2 Å². The normalized spacial score (nSPS) is 16.4. The summed E-state index contributed by atoms with van der Waals surface area (Å²) in [6, 6.07) is 8.33. The van der Waals surface area contributed by atoms with E-state index in [0.717, 1.165) is 11.1 Å². The zero-order chi connectivity index (χ0) is 22.8. The third-order valence-electron chi connectivity index (χ3n) is 5.20. The van der Waals surface area contributed by atoms with E-state index in [9.17, 15) is 14.7 Å². The average molecular weight is 428 g/mol. The predicted octanol–water partition coefficient (Wildman–Crippen LogP) is 4.96. The van der Waals surface area contributed by atoms with Gasteiger partial charge in [-0.2, -0.15) is 0 Å². The molecule has 2 aromatic rings. The molecule has 1 unspecified atom stereocenters. The van der Waals surface area contributed by atoms with Gasteiger partial charge in [-0.1, -0.05) is 19.1 Å². The lowest BCUT2D eigenvalue weighted by Crippen LogP contribution is -2.55. The lowest BCUT2D eigenvalue weighted by Gasteiger charge is -2.38. The van der Waals surface area contributed by atoms with E-state index in [-0.39, 0.29) is 6.10 Å². The summed E-state index contributed by atoms with van der Waals surface area (Å²) in [6.45, 7) is 9.61. The quantitative estimate of drug-likeness (QED) is 0.676. The van der Waals surface area contributed by atoms with Crippen molar-refractivity contribution in [3.63, 3.8) is 0 Å². The van der Waals surface area contributed by atoms with Crippen molar-refractivity contribution < 1.29 is 24.2 Å². The van der Waals surface area contributed by atoms with Gasteiger partial charge in [0.2, 0.25) is 11.8 Å².